The molecule has 0 aliphatic carbocycles. The van der Waals surface area contributed by atoms with E-state index in [9.17, 15) is 0 Å². The molecule has 19 heavy (non-hydrogen) atoms. The molecule has 2 rings (SSSR count). The van der Waals surface area contributed by atoms with E-state index in [1.807, 2.05) is 24.3 Å². The molecular weight excluding hydrogens is 302 g/mol. The largest absolute Gasteiger partial charge is 0.489 e. The van der Waals surface area contributed by atoms with Gasteiger partial charge in [-0.2, -0.15) is 0 Å². The van der Waals surface area contributed by atoms with Gasteiger partial charge in [0, 0.05) is 11.0 Å². The lowest BCUT2D eigenvalue weighted by Gasteiger charge is -2.12. The number of benzene rings is 2. The van der Waals surface area contributed by atoms with Gasteiger partial charge in [-0.25, -0.2) is 0 Å². The zero-order valence-electron chi connectivity index (χ0n) is 11.2. The molecule has 0 bridgehead atoms. The molecule has 0 heterocycles. The lowest BCUT2D eigenvalue weighted by Crippen LogP contribution is -2.00. The van der Waals surface area contributed by atoms with Crippen molar-refractivity contribution in [1.29, 1.82) is 0 Å². The first kappa shape index (κ1) is 14.1. The van der Waals surface area contributed by atoms with Gasteiger partial charge in [-0.3, -0.25) is 0 Å². The van der Waals surface area contributed by atoms with Gasteiger partial charge in [0.1, 0.15) is 12.4 Å². The predicted molar refractivity (Wildman–Crippen MR) is 82.3 cm³/mol. The van der Waals surface area contributed by atoms with Crippen LogP contribution in [0.25, 0.3) is 0 Å². The van der Waals surface area contributed by atoms with E-state index >= 15 is 0 Å². The summed E-state index contributed by atoms with van der Waals surface area (Å²) in [5.41, 5.74) is 10.3. The van der Waals surface area contributed by atoms with Gasteiger partial charge in [0.15, 0.2) is 0 Å². The zero-order chi connectivity index (χ0) is 13.8. The smallest absolute Gasteiger partial charge is 0.123 e. The third-order valence-electron chi connectivity index (χ3n) is 3.32. The molecule has 0 unspecified atom stereocenters. The third-order valence-corrected chi connectivity index (χ3v) is 4.18. The Morgan fingerprint density at radius 3 is 2.21 bits per heavy atom. The molecule has 0 aliphatic rings. The lowest BCUT2D eigenvalue weighted by molar-refractivity contribution is 0.304. The van der Waals surface area contributed by atoms with Crippen molar-refractivity contribution in [3.05, 3.63) is 63.1 Å². The maximum Gasteiger partial charge on any atom is 0.123 e. The van der Waals surface area contributed by atoms with Gasteiger partial charge in [-0.15, -0.1) is 0 Å². The number of rotatable bonds is 4. The Hall–Kier alpha value is -1.32. The number of hydrogen-bond donors (Lipinski definition) is 1. The summed E-state index contributed by atoms with van der Waals surface area (Å²) in [6.07, 6.45) is 0. The number of halogens is 1. The average molecular weight is 320 g/mol. The highest BCUT2D eigenvalue weighted by Gasteiger charge is 2.05. The van der Waals surface area contributed by atoms with Gasteiger partial charge in [-0.1, -0.05) is 40.2 Å². The van der Waals surface area contributed by atoms with E-state index in [1.165, 1.54) is 11.1 Å². The van der Waals surface area contributed by atoms with Gasteiger partial charge in [0.05, 0.1) is 0 Å². The minimum Gasteiger partial charge on any atom is -0.489 e. The van der Waals surface area contributed by atoms with Gasteiger partial charge < -0.3 is 10.5 Å². The lowest BCUT2D eigenvalue weighted by atomic mass is 10.1. The molecule has 0 atom stereocenters. The second kappa shape index (κ2) is 6.22. The van der Waals surface area contributed by atoms with Crippen molar-refractivity contribution in [2.24, 2.45) is 5.73 Å². The third kappa shape index (κ3) is 3.37. The normalized spacial score (nSPS) is 10.5. The van der Waals surface area contributed by atoms with Crippen LogP contribution in [0.4, 0.5) is 0 Å². The van der Waals surface area contributed by atoms with E-state index in [-0.39, 0.29) is 0 Å². The highest BCUT2D eigenvalue weighted by molar-refractivity contribution is 9.10. The highest BCUT2D eigenvalue weighted by Crippen LogP contribution is 2.28. The van der Waals surface area contributed by atoms with Crippen LogP contribution >= 0.6 is 15.9 Å². The van der Waals surface area contributed by atoms with E-state index in [0.717, 1.165) is 21.3 Å². The van der Waals surface area contributed by atoms with Crippen LogP contribution in [0.1, 0.15) is 22.3 Å². The Morgan fingerprint density at radius 2 is 1.58 bits per heavy atom. The Bertz CT molecular complexity index is 564. The molecule has 0 aromatic heterocycles. The first-order chi connectivity index (χ1) is 9.11. The fraction of sp³-hybridized carbons (Fsp3) is 0.250. The SMILES string of the molecule is Cc1c(Br)ccc(OCc2ccc(CN)cc2)c1C. The molecule has 0 saturated carbocycles. The molecule has 0 aliphatic heterocycles. The van der Waals surface area contributed by atoms with Crippen molar-refractivity contribution in [2.45, 2.75) is 27.0 Å². The molecule has 0 amide bonds. The Balaban J connectivity index is 2.08. The molecule has 2 N–H and O–H groups in total. The quantitative estimate of drug-likeness (QED) is 0.920. The number of hydrogen-bond acceptors (Lipinski definition) is 2. The van der Waals surface area contributed by atoms with Crippen LogP contribution in [-0.2, 0) is 13.2 Å². The molecule has 100 valence electrons. The second-order valence-corrected chi connectivity index (χ2v) is 5.46. The Labute approximate surface area is 122 Å². The van der Waals surface area contributed by atoms with Crippen LogP contribution in [0.2, 0.25) is 0 Å². The van der Waals surface area contributed by atoms with E-state index in [1.54, 1.807) is 0 Å². The average Bonchev–Trinajstić information content (AvgIpc) is 2.45. The summed E-state index contributed by atoms with van der Waals surface area (Å²) >= 11 is 3.52. The minimum atomic E-state index is 0.576. The molecule has 0 radical (unpaired) electrons. The van der Waals surface area contributed by atoms with Crippen LogP contribution in [0.15, 0.2) is 40.9 Å². The summed E-state index contributed by atoms with van der Waals surface area (Å²) in [5, 5.41) is 0. The predicted octanol–water partition coefficient (Wildman–Crippen LogP) is 4.10. The number of nitrogens with two attached hydrogens (primary N) is 1. The van der Waals surface area contributed by atoms with Gasteiger partial charge in [0.25, 0.3) is 0 Å². The molecule has 2 aromatic rings. The first-order valence-electron chi connectivity index (χ1n) is 6.28. The molecule has 3 heteroatoms. The van der Waals surface area contributed by atoms with Crippen molar-refractivity contribution in [1.82, 2.24) is 0 Å². The minimum absolute atomic E-state index is 0.576. The maximum atomic E-state index is 5.88. The van der Waals surface area contributed by atoms with Crippen LogP contribution in [0.5, 0.6) is 5.75 Å². The van der Waals surface area contributed by atoms with Crippen LogP contribution < -0.4 is 10.5 Å². The van der Waals surface area contributed by atoms with Crippen LogP contribution in [-0.4, -0.2) is 0 Å². The first-order valence-corrected chi connectivity index (χ1v) is 7.07. The van der Waals surface area contributed by atoms with Gasteiger partial charge in [0.2, 0.25) is 0 Å². The summed E-state index contributed by atoms with van der Waals surface area (Å²) in [6, 6.07) is 12.2. The molecule has 0 spiro atoms. The van der Waals surface area contributed by atoms with Gasteiger partial charge >= 0.3 is 0 Å². The van der Waals surface area contributed by atoms with Crippen molar-refractivity contribution in [3.63, 3.8) is 0 Å². The fourth-order valence-electron chi connectivity index (χ4n) is 1.85. The topological polar surface area (TPSA) is 35.2 Å². The van der Waals surface area contributed by atoms with Crippen molar-refractivity contribution in [3.8, 4) is 5.75 Å². The molecule has 2 aromatic carbocycles. The van der Waals surface area contributed by atoms with Crippen molar-refractivity contribution >= 4 is 15.9 Å². The summed E-state index contributed by atoms with van der Waals surface area (Å²) in [7, 11) is 0. The Morgan fingerprint density at radius 1 is 0.947 bits per heavy atom. The highest BCUT2D eigenvalue weighted by atomic mass is 79.9. The zero-order valence-corrected chi connectivity index (χ0v) is 12.8. The summed E-state index contributed by atoms with van der Waals surface area (Å²) in [5.74, 6) is 0.934. The van der Waals surface area contributed by atoms with E-state index < -0.39 is 0 Å². The summed E-state index contributed by atoms with van der Waals surface area (Å²) < 4.78 is 7.00. The van der Waals surface area contributed by atoms with E-state index in [2.05, 4.69) is 41.9 Å². The van der Waals surface area contributed by atoms with E-state index in [0.29, 0.717) is 13.2 Å². The fourth-order valence-corrected chi connectivity index (χ4v) is 2.28. The van der Waals surface area contributed by atoms with Crippen molar-refractivity contribution in [2.75, 3.05) is 0 Å². The summed E-state index contributed by atoms with van der Waals surface area (Å²) in [4.78, 5) is 0. The standard InChI is InChI=1S/C16H18BrNO/c1-11-12(2)16(8-7-15(11)17)19-10-14-5-3-13(9-18)4-6-14/h3-8H,9-10,18H2,1-2H3. The number of ether oxygens (including phenoxy) is 1. The van der Waals surface area contributed by atoms with E-state index in [4.69, 9.17) is 10.5 Å². The second-order valence-electron chi connectivity index (χ2n) is 4.60. The molecule has 0 fully saturated rings. The maximum absolute atomic E-state index is 5.88. The van der Waals surface area contributed by atoms with Gasteiger partial charge in [-0.05, 0) is 48.2 Å². The molecule has 0 saturated heterocycles. The summed E-state index contributed by atoms with van der Waals surface area (Å²) in [6.45, 7) is 5.31. The van der Waals surface area contributed by atoms with Crippen molar-refractivity contribution < 1.29 is 4.74 Å². The monoisotopic (exact) mass is 319 g/mol. The molecular formula is C16H18BrNO. The Kier molecular flexibility index (Phi) is 4.61. The van der Waals surface area contributed by atoms with Crippen LogP contribution in [0, 0.1) is 13.8 Å². The van der Waals surface area contributed by atoms with Crippen LogP contribution in [0.3, 0.4) is 0 Å². The molecule has 2 nitrogen and oxygen atoms in total.